The fourth-order valence-corrected chi connectivity index (χ4v) is 4.29. The fraction of sp³-hybridized carbons (Fsp3) is 0.583. The summed E-state index contributed by atoms with van der Waals surface area (Å²) in [4.78, 5) is 11.9. The van der Waals surface area contributed by atoms with E-state index in [4.69, 9.17) is 0 Å². The maximum absolute atomic E-state index is 12.0. The molecule has 2 rings (SSSR count). The van der Waals surface area contributed by atoms with Crippen LogP contribution in [0.25, 0.3) is 0 Å². The summed E-state index contributed by atoms with van der Waals surface area (Å²) in [6.07, 6.45) is -0.483. The molecule has 1 fully saturated rings. The van der Waals surface area contributed by atoms with E-state index >= 15 is 0 Å². The molecular weight excluding hydrogens is 350 g/mol. The van der Waals surface area contributed by atoms with E-state index in [9.17, 15) is 18.3 Å². The topological polar surface area (TPSA) is 108 Å². The van der Waals surface area contributed by atoms with Crippen molar-refractivity contribution >= 4 is 39.7 Å². The average Bonchev–Trinajstić information content (AvgIpc) is 3.07. The van der Waals surface area contributed by atoms with Gasteiger partial charge in [-0.05, 0) is 18.4 Å². The second-order valence-corrected chi connectivity index (χ2v) is 7.89. The van der Waals surface area contributed by atoms with Gasteiger partial charge in [0.2, 0.25) is 5.91 Å². The first-order valence-electron chi connectivity index (χ1n) is 6.62. The molecule has 1 amide bonds. The van der Waals surface area contributed by atoms with Gasteiger partial charge >= 0.3 is 0 Å². The van der Waals surface area contributed by atoms with Crippen molar-refractivity contribution in [2.45, 2.75) is 23.3 Å². The monoisotopic (exact) mass is 369 g/mol. The van der Waals surface area contributed by atoms with Crippen molar-refractivity contribution in [2.24, 2.45) is 5.92 Å². The molecule has 4 N–H and O–H groups in total. The van der Waals surface area contributed by atoms with Crippen molar-refractivity contribution in [3.05, 3.63) is 17.5 Å². The quantitative estimate of drug-likeness (QED) is 0.542. The van der Waals surface area contributed by atoms with E-state index in [0.29, 0.717) is 19.6 Å². The SMILES string of the molecule is CC(NS(=O)(=O)c1cccs1)C(=O)NCC1CNCC1O.Cl. The number of nitrogens with one attached hydrogen (secondary N) is 3. The molecule has 1 aliphatic rings. The Bertz CT molecular complexity index is 579. The Morgan fingerprint density at radius 2 is 2.27 bits per heavy atom. The summed E-state index contributed by atoms with van der Waals surface area (Å²) in [6, 6.07) is 2.25. The van der Waals surface area contributed by atoms with Gasteiger partial charge in [-0.1, -0.05) is 6.07 Å². The summed E-state index contributed by atoms with van der Waals surface area (Å²) in [5.74, 6) is -0.454. The van der Waals surface area contributed by atoms with Gasteiger partial charge in [-0.2, -0.15) is 4.72 Å². The first kappa shape index (κ1) is 19.3. The Labute approximate surface area is 140 Å². The van der Waals surface area contributed by atoms with E-state index in [1.807, 2.05) is 0 Å². The van der Waals surface area contributed by atoms with Gasteiger partial charge in [-0.3, -0.25) is 4.79 Å². The molecule has 1 aromatic heterocycles. The van der Waals surface area contributed by atoms with Gasteiger partial charge in [-0.25, -0.2) is 8.42 Å². The molecule has 1 aliphatic heterocycles. The van der Waals surface area contributed by atoms with Crippen LogP contribution in [0.1, 0.15) is 6.92 Å². The molecule has 0 bridgehead atoms. The van der Waals surface area contributed by atoms with Gasteiger partial charge < -0.3 is 15.7 Å². The van der Waals surface area contributed by atoms with Crippen LogP contribution >= 0.6 is 23.7 Å². The maximum Gasteiger partial charge on any atom is 0.250 e. The second-order valence-electron chi connectivity index (χ2n) is 5.01. The zero-order valence-corrected chi connectivity index (χ0v) is 14.4. The summed E-state index contributed by atoms with van der Waals surface area (Å²) < 4.78 is 26.5. The van der Waals surface area contributed by atoms with Crippen LogP contribution in [-0.2, 0) is 14.8 Å². The second kappa shape index (κ2) is 8.23. The molecule has 3 unspecified atom stereocenters. The third-order valence-electron chi connectivity index (χ3n) is 3.33. The first-order chi connectivity index (χ1) is 9.90. The highest BCUT2D eigenvalue weighted by Crippen LogP contribution is 2.15. The van der Waals surface area contributed by atoms with Gasteiger partial charge in [0, 0.05) is 25.6 Å². The van der Waals surface area contributed by atoms with Crippen LogP contribution < -0.4 is 15.4 Å². The van der Waals surface area contributed by atoms with Gasteiger partial charge in [0.05, 0.1) is 12.1 Å². The van der Waals surface area contributed by atoms with Crippen LogP contribution in [0.2, 0.25) is 0 Å². The number of carbonyl (C=O) groups excluding carboxylic acids is 1. The average molecular weight is 370 g/mol. The van der Waals surface area contributed by atoms with E-state index in [-0.39, 0.29) is 22.5 Å². The minimum Gasteiger partial charge on any atom is -0.391 e. The lowest BCUT2D eigenvalue weighted by atomic mass is 10.1. The number of sulfonamides is 1. The van der Waals surface area contributed by atoms with Crippen LogP contribution in [-0.4, -0.2) is 51.2 Å². The minimum atomic E-state index is -3.66. The summed E-state index contributed by atoms with van der Waals surface area (Å²) in [7, 11) is -3.66. The highest BCUT2D eigenvalue weighted by Gasteiger charge is 2.27. The predicted molar refractivity (Wildman–Crippen MR) is 86.7 cm³/mol. The van der Waals surface area contributed by atoms with Gasteiger partial charge in [-0.15, -0.1) is 23.7 Å². The van der Waals surface area contributed by atoms with Crippen LogP contribution in [0, 0.1) is 5.92 Å². The Kier molecular flexibility index (Phi) is 7.23. The molecule has 0 radical (unpaired) electrons. The van der Waals surface area contributed by atoms with E-state index < -0.39 is 28.1 Å². The number of thiophene rings is 1. The summed E-state index contributed by atoms with van der Waals surface area (Å²) in [6.45, 7) is 2.96. The lowest BCUT2D eigenvalue weighted by Crippen LogP contribution is -2.46. The molecule has 0 aliphatic carbocycles. The Balaban J connectivity index is 0.00000242. The van der Waals surface area contributed by atoms with Crippen LogP contribution in [0.5, 0.6) is 0 Å². The van der Waals surface area contributed by atoms with Gasteiger partial charge in [0.25, 0.3) is 10.0 Å². The van der Waals surface area contributed by atoms with Crippen molar-refractivity contribution < 1.29 is 18.3 Å². The largest absolute Gasteiger partial charge is 0.391 e. The van der Waals surface area contributed by atoms with E-state index in [2.05, 4.69) is 15.4 Å². The number of rotatable bonds is 6. The number of aliphatic hydroxyl groups excluding tert-OH is 1. The fourth-order valence-electron chi connectivity index (χ4n) is 2.07. The first-order valence-corrected chi connectivity index (χ1v) is 8.99. The zero-order valence-electron chi connectivity index (χ0n) is 12.0. The van der Waals surface area contributed by atoms with Crippen molar-refractivity contribution in [3.63, 3.8) is 0 Å². The number of hydrogen-bond donors (Lipinski definition) is 4. The molecule has 0 spiro atoms. The van der Waals surface area contributed by atoms with E-state index in [1.165, 1.54) is 13.0 Å². The van der Waals surface area contributed by atoms with Gasteiger partial charge in [0.15, 0.2) is 0 Å². The Morgan fingerprint density at radius 1 is 1.55 bits per heavy atom. The number of aliphatic hydroxyl groups is 1. The van der Waals surface area contributed by atoms with E-state index in [0.717, 1.165) is 11.3 Å². The molecule has 0 saturated carbocycles. The molecule has 10 heteroatoms. The number of carbonyl (C=O) groups is 1. The molecule has 3 atom stereocenters. The van der Waals surface area contributed by atoms with E-state index in [1.54, 1.807) is 11.4 Å². The zero-order chi connectivity index (χ0) is 15.5. The standard InChI is InChI=1S/C12H19N3O4S2.ClH/c1-8(15-21(18,19)11-3-2-4-20-11)12(17)14-6-9-5-13-7-10(9)16;/h2-4,8-10,13,15-16H,5-7H2,1H3,(H,14,17);1H. The number of halogens is 1. The van der Waals surface area contributed by atoms with Crippen LogP contribution in [0.15, 0.2) is 21.7 Å². The molecule has 7 nitrogen and oxygen atoms in total. The summed E-state index contributed by atoms with van der Waals surface area (Å²) in [5.41, 5.74) is 0. The normalized spacial score (nSPS) is 22.8. The molecular formula is C12H20ClN3O4S2. The minimum absolute atomic E-state index is 0. The third-order valence-corrected chi connectivity index (χ3v) is 6.27. The van der Waals surface area contributed by atoms with Crippen molar-refractivity contribution in [3.8, 4) is 0 Å². The van der Waals surface area contributed by atoms with Crippen LogP contribution in [0.3, 0.4) is 0 Å². The molecule has 126 valence electrons. The molecule has 1 aromatic rings. The summed E-state index contributed by atoms with van der Waals surface area (Å²) >= 11 is 1.09. The molecule has 1 saturated heterocycles. The summed E-state index contributed by atoms with van der Waals surface area (Å²) in [5, 5.41) is 17.0. The lowest BCUT2D eigenvalue weighted by molar-refractivity contribution is -0.122. The van der Waals surface area contributed by atoms with Crippen LogP contribution in [0.4, 0.5) is 0 Å². The number of hydrogen-bond acceptors (Lipinski definition) is 6. The Morgan fingerprint density at radius 3 is 2.82 bits per heavy atom. The van der Waals surface area contributed by atoms with Gasteiger partial charge in [0.1, 0.15) is 4.21 Å². The number of amides is 1. The molecule has 2 heterocycles. The number of β-amino-alcohol motifs (C(OH)–C–C–N with tert-alkyl or cyclic N) is 1. The Hall–Kier alpha value is -0.710. The van der Waals surface area contributed by atoms with Crippen molar-refractivity contribution in [2.75, 3.05) is 19.6 Å². The van der Waals surface area contributed by atoms with Crippen molar-refractivity contribution in [1.82, 2.24) is 15.4 Å². The maximum atomic E-state index is 12.0. The molecule has 22 heavy (non-hydrogen) atoms. The third kappa shape index (κ3) is 4.90. The highest BCUT2D eigenvalue weighted by molar-refractivity contribution is 7.91. The highest BCUT2D eigenvalue weighted by atomic mass is 35.5. The lowest BCUT2D eigenvalue weighted by Gasteiger charge is -2.17. The van der Waals surface area contributed by atoms with Crippen molar-refractivity contribution in [1.29, 1.82) is 0 Å². The molecule has 0 aromatic carbocycles. The predicted octanol–water partition coefficient (Wildman–Crippen LogP) is -0.467. The smallest absolute Gasteiger partial charge is 0.250 e.